The summed E-state index contributed by atoms with van der Waals surface area (Å²) in [6, 6.07) is -0.185. The van der Waals surface area contributed by atoms with Gasteiger partial charge in [-0.3, -0.25) is 0 Å². The molecule has 16 heavy (non-hydrogen) atoms. The third kappa shape index (κ3) is 4.39. The zero-order chi connectivity index (χ0) is 13.0. The average Bonchev–Trinajstić information content (AvgIpc) is 2.09. The molecule has 1 atom stereocenters. The van der Waals surface area contributed by atoms with Crippen molar-refractivity contribution in [3.63, 3.8) is 0 Å². The van der Waals surface area contributed by atoms with Crippen LogP contribution in [-0.4, -0.2) is 44.7 Å². The Morgan fingerprint density at radius 2 is 1.81 bits per heavy atom. The molecule has 0 amide bonds. The van der Waals surface area contributed by atoms with Crippen molar-refractivity contribution in [1.82, 2.24) is 5.32 Å². The van der Waals surface area contributed by atoms with Crippen molar-refractivity contribution < 1.29 is 13.2 Å². The first-order valence-corrected chi connectivity index (χ1v) is 7.56. The van der Waals surface area contributed by atoms with E-state index in [1.807, 2.05) is 20.8 Å². The van der Waals surface area contributed by atoms with Crippen LogP contribution in [0, 0.1) is 0 Å². The van der Waals surface area contributed by atoms with Gasteiger partial charge < -0.3 is 10.1 Å². The van der Waals surface area contributed by atoms with Crippen LogP contribution in [0.15, 0.2) is 0 Å². The van der Waals surface area contributed by atoms with E-state index in [0.29, 0.717) is 6.61 Å². The predicted octanol–water partition coefficient (Wildman–Crippen LogP) is 1.21. The summed E-state index contributed by atoms with van der Waals surface area (Å²) in [4.78, 5) is 0. The molecule has 5 heteroatoms. The molecule has 1 N–H and O–H groups in total. The molecular weight excluding hydrogens is 226 g/mol. The maximum atomic E-state index is 11.7. The molecule has 0 rings (SSSR count). The zero-order valence-electron chi connectivity index (χ0n) is 11.2. The van der Waals surface area contributed by atoms with E-state index in [0.717, 1.165) is 6.54 Å². The predicted molar refractivity (Wildman–Crippen MR) is 67.5 cm³/mol. The number of ether oxygens (including phenoxy) is 1. The van der Waals surface area contributed by atoms with Crippen LogP contribution in [0.2, 0.25) is 0 Å². The molecule has 0 aromatic carbocycles. The minimum atomic E-state index is -3.11. The van der Waals surface area contributed by atoms with E-state index in [9.17, 15) is 8.42 Å². The Labute approximate surface area is 99.7 Å². The highest BCUT2D eigenvalue weighted by Crippen LogP contribution is 2.20. The summed E-state index contributed by atoms with van der Waals surface area (Å²) in [5.41, 5.74) is 0. The normalized spacial score (nSPS) is 15.4. The molecule has 0 aromatic rings. The molecule has 0 saturated heterocycles. The molecule has 1 unspecified atom stereocenters. The van der Waals surface area contributed by atoms with Crippen LogP contribution in [0.3, 0.4) is 0 Å². The van der Waals surface area contributed by atoms with Crippen molar-refractivity contribution in [3.05, 3.63) is 0 Å². The number of rotatable bonds is 7. The summed E-state index contributed by atoms with van der Waals surface area (Å²) < 4.78 is 28.1. The first kappa shape index (κ1) is 15.9. The lowest BCUT2D eigenvalue weighted by Crippen LogP contribution is -2.54. The van der Waals surface area contributed by atoms with Crippen LogP contribution in [0.25, 0.3) is 0 Å². The van der Waals surface area contributed by atoms with E-state index in [1.54, 1.807) is 13.8 Å². The van der Waals surface area contributed by atoms with Crippen LogP contribution in [0.1, 0.15) is 34.6 Å². The van der Waals surface area contributed by atoms with Crippen molar-refractivity contribution in [2.45, 2.75) is 51.5 Å². The van der Waals surface area contributed by atoms with Crippen molar-refractivity contribution in [1.29, 1.82) is 0 Å². The number of likely N-dealkylation sites (N-methyl/N-ethyl adjacent to an activating group) is 1. The monoisotopic (exact) mass is 251 g/mol. The van der Waals surface area contributed by atoms with Gasteiger partial charge in [0, 0.05) is 12.3 Å². The van der Waals surface area contributed by atoms with E-state index in [1.165, 1.54) is 6.26 Å². The van der Waals surface area contributed by atoms with Gasteiger partial charge in [0.2, 0.25) is 0 Å². The third-order valence-electron chi connectivity index (χ3n) is 2.84. The molecule has 0 fully saturated rings. The van der Waals surface area contributed by atoms with Gasteiger partial charge in [-0.1, -0.05) is 6.92 Å². The van der Waals surface area contributed by atoms with Gasteiger partial charge >= 0.3 is 0 Å². The quantitative estimate of drug-likeness (QED) is 0.739. The molecule has 0 aromatic heterocycles. The highest BCUT2D eigenvalue weighted by molar-refractivity contribution is 7.92. The number of sulfone groups is 1. The Kier molecular flexibility index (Phi) is 5.93. The fourth-order valence-electron chi connectivity index (χ4n) is 1.30. The first-order valence-electron chi connectivity index (χ1n) is 5.67. The van der Waals surface area contributed by atoms with Gasteiger partial charge in [0.15, 0.2) is 9.84 Å². The first-order chi connectivity index (χ1) is 7.13. The zero-order valence-corrected chi connectivity index (χ0v) is 12.0. The molecule has 0 aliphatic heterocycles. The number of hydrogen-bond donors (Lipinski definition) is 1. The van der Waals surface area contributed by atoms with Gasteiger partial charge in [0.25, 0.3) is 0 Å². The maximum absolute atomic E-state index is 11.7. The average molecular weight is 251 g/mol. The molecule has 0 saturated carbocycles. The van der Waals surface area contributed by atoms with Crippen LogP contribution in [0.4, 0.5) is 0 Å². The molecule has 0 bridgehead atoms. The van der Waals surface area contributed by atoms with Crippen LogP contribution < -0.4 is 5.32 Å². The minimum Gasteiger partial charge on any atom is -0.377 e. The Morgan fingerprint density at radius 1 is 1.31 bits per heavy atom. The highest BCUT2D eigenvalue weighted by Gasteiger charge is 2.38. The third-order valence-corrected chi connectivity index (χ3v) is 5.04. The van der Waals surface area contributed by atoms with E-state index in [4.69, 9.17) is 4.74 Å². The second-order valence-electron chi connectivity index (χ2n) is 4.87. The Morgan fingerprint density at radius 3 is 2.12 bits per heavy atom. The molecular formula is C11H25NO3S. The summed E-state index contributed by atoms with van der Waals surface area (Å²) in [7, 11) is -3.11. The lowest BCUT2D eigenvalue weighted by atomic mass is 10.0. The second-order valence-corrected chi connectivity index (χ2v) is 7.46. The summed E-state index contributed by atoms with van der Waals surface area (Å²) in [5.74, 6) is 0. The van der Waals surface area contributed by atoms with E-state index >= 15 is 0 Å². The molecule has 0 heterocycles. The Balaban J connectivity index is 4.76. The smallest absolute Gasteiger partial charge is 0.154 e. The van der Waals surface area contributed by atoms with Crippen molar-refractivity contribution in [2.75, 3.05) is 19.4 Å². The van der Waals surface area contributed by atoms with E-state index in [2.05, 4.69) is 5.32 Å². The SMILES string of the molecule is CCNC(COC(C)C)C(C)(C)S(C)(=O)=O. The summed E-state index contributed by atoms with van der Waals surface area (Å²) >= 11 is 0. The van der Waals surface area contributed by atoms with Gasteiger partial charge in [-0.2, -0.15) is 0 Å². The van der Waals surface area contributed by atoms with E-state index < -0.39 is 14.6 Å². The Bertz CT molecular complexity index is 296. The minimum absolute atomic E-state index is 0.108. The lowest BCUT2D eigenvalue weighted by molar-refractivity contribution is 0.0549. The topological polar surface area (TPSA) is 55.4 Å². The fraction of sp³-hybridized carbons (Fsp3) is 1.00. The summed E-state index contributed by atoms with van der Waals surface area (Å²) in [6.07, 6.45) is 1.38. The van der Waals surface area contributed by atoms with Gasteiger partial charge in [0.05, 0.1) is 17.5 Å². The molecule has 0 aliphatic rings. The van der Waals surface area contributed by atoms with E-state index in [-0.39, 0.29) is 12.1 Å². The van der Waals surface area contributed by atoms with Crippen molar-refractivity contribution >= 4 is 9.84 Å². The van der Waals surface area contributed by atoms with Gasteiger partial charge in [0.1, 0.15) is 0 Å². The van der Waals surface area contributed by atoms with Crippen LogP contribution in [0.5, 0.6) is 0 Å². The maximum Gasteiger partial charge on any atom is 0.154 e. The lowest BCUT2D eigenvalue weighted by Gasteiger charge is -2.33. The second kappa shape index (κ2) is 5.98. The summed E-state index contributed by atoms with van der Waals surface area (Å²) in [6.45, 7) is 10.4. The fourth-order valence-corrected chi connectivity index (χ4v) is 1.97. The highest BCUT2D eigenvalue weighted by atomic mass is 32.2. The van der Waals surface area contributed by atoms with Gasteiger partial charge in [-0.15, -0.1) is 0 Å². The Hall–Kier alpha value is -0.130. The molecule has 0 spiro atoms. The summed E-state index contributed by atoms with van der Waals surface area (Å²) in [5, 5.41) is 3.18. The largest absolute Gasteiger partial charge is 0.377 e. The van der Waals surface area contributed by atoms with Crippen molar-refractivity contribution in [2.24, 2.45) is 0 Å². The molecule has 4 nitrogen and oxygen atoms in total. The van der Waals surface area contributed by atoms with Gasteiger partial charge in [-0.05, 0) is 34.2 Å². The standard InChI is InChI=1S/C11H25NO3S/c1-7-12-10(8-15-9(2)3)11(4,5)16(6,13)14/h9-10,12H,7-8H2,1-6H3. The van der Waals surface area contributed by atoms with Crippen LogP contribution in [-0.2, 0) is 14.6 Å². The van der Waals surface area contributed by atoms with Crippen molar-refractivity contribution in [3.8, 4) is 0 Å². The number of nitrogens with one attached hydrogen (secondary N) is 1. The molecule has 98 valence electrons. The number of hydrogen-bond acceptors (Lipinski definition) is 4. The van der Waals surface area contributed by atoms with Gasteiger partial charge in [-0.25, -0.2) is 8.42 Å². The van der Waals surface area contributed by atoms with Crippen LogP contribution >= 0.6 is 0 Å². The molecule has 0 radical (unpaired) electrons. The molecule has 0 aliphatic carbocycles.